The minimum atomic E-state index is -0.412. The Bertz CT molecular complexity index is 218. The van der Waals surface area contributed by atoms with E-state index in [1.807, 2.05) is 6.92 Å². The molecule has 0 heterocycles. The summed E-state index contributed by atoms with van der Waals surface area (Å²) in [6.07, 6.45) is 0.853. The van der Waals surface area contributed by atoms with Gasteiger partial charge < -0.3 is 19.6 Å². The first-order valence-electron chi connectivity index (χ1n) is 5.52. The summed E-state index contributed by atoms with van der Waals surface area (Å²) in [6, 6.07) is -0.412. The molecule has 1 atom stereocenters. The van der Waals surface area contributed by atoms with Crippen LogP contribution in [0.1, 0.15) is 26.7 Å². The third-order valence-corrected chi connectivity index (χ3v) is 2.09. The fraction of sp³-hybridized carbons (Fsp3) is 0.818. The van der Waals surface area contributed by atoms with Crippen molar-refractivity contribution in [3.63, 3.8) is 0 Å². The lowest BCUT2D eigenvalue weighted by molar-refractivity contribution is -0.147. The molecule has 0 aliphatic rings. The van der Waals surface area contributed by atoms with Gasteiger partial charge in [0, 0.05) is 13.0 Å². The number of ketones is 1. The second kappa shape index (κ2) is 9.30. The Balaban J connectivity index is 3.77. The average molecular weight is 231 g/mol. The van der Waals surface area contributed by atoms with Gasteiger partial charge in [-0.05, 0) is 27.3 Å². The summed E-state index contributed by atoms with van der Waals surface area (Å²) in [4.78, 5) is 22.3. The Hall–Kier alpha value is -0.940. The smallest absolute Gasteiger partial charge is 0.323 e. The highest BCUT2D eigenvalue weighted by atomic mass is 16.6. The molecule has 0 rings (SSSR count). The SMILES string of the molecule is CCOCCOC(=O)C(CCC(C)=O)NC. The van der Waals surface area contributed by atoms with E-state index in [-0.39, 0.29) is 18.4 Å². The van der Waals surface area contributed by atoms with Gasteiger partial charge in [-0.15, -0.1) is 0 Å². The number of hydrogen-bond donors (Lipinski definition) is 1. The van der Waals surface area contributed by atoms with E-state index in [0.29, 0.717) is 26.1 Å². The summed E-state index contributed by atoms with van der Waals surface area (Å²) in [7, 11) is 1.68. The van der Waals surface area contributed by atoms with E-state index < -0.39 is 6.04 Å². The lowest BCUT2D eigenvalue weighted by Gasteiger charge is -2.14. The van der Waals surface area contributed by atoms with Gasteiger partial charge in [0.1, 0.15) is 18.4 Å². The highest BCUT2D eigenvalue weighted by Gasteiger charge is 2.17. The van der Waals surface area contributed by atoms with Gasteiger partial charge in [-0.1, -0.05) is 0 Å². The fourth-order valence-corrected chi connectivity index (χ4v) is 1.17. The number of hydrogen-bond acceptors (Lipinski definition) is 5. The van der Waals surface area contributed by atoms with Crippen LogP contribution in [0.15, 0.2) is 0 Å². The van der Waals surface area contributed by atoms with Crippen molar-refractivity contribution in [2.45, 2.75) is 32.7 Å². The molecule has 94 valence electrons. The minimum Gasteiger partial charge on any atom is -0.462 e. The lowest BCUT2D eigenvalue weighted by Crippen LogP contribution is -2.36. The van der Waals surface area contributed by atoms with Crippen LogP contribution in [-0.2, 0) is 19.1 Å². The van der Waals surface area contributed by atoms with Crippen LogP contribution in [0, 0.1) is 0 Å². The Labute approximate surface area is 96.5 Å². The number of ether oxygens (including phenoxy) is 2. The standard InChI is InChI=1S/C11H21NO4/c1-4-15-7-8-16-11(14)10(12-3)6-5-9(2)13/h10,12H,4-8H2,1-3H3. The van der Waals surface area contributed by atoms with Crippen molar-refractivity contribution >= 4 is 11.8 Å². The summed E-state index contributed by atoms with van der Waals surface area (Å²) in [5.74, 6) is -0.259. The van der Waals surface area contributed by atoms with Crippen LogP contribution in [0.25, 0.3) is 0 Å². The summed E-state index contributed by atoms with van der Waals surface area (Å²) < 4.78 is 10.0. The number of rotatable bonds is 9. The van der Waals surface area contributed by atoms with Crippen LogP contribution >= 0.6 is 0 Å². The average Bonchev–Trinajstić information content (AvgIpc) is 2.25. The lowest BCUT2D eigenvalue weighted by atomic mass is 10.1. The molecule has 0 aromatic rings. The number of carbonyl (C=O) groups is 2. The van der Waals surface area contributed by atoms with Crippen LogP contribution in [-0.4, -0.2) is 44.7 Å². The summed E-state index contributed by atoms with van der Waals surface area (Å²) in [5, 5.41) is 2.83. The Morgan fingerprint density at radius 2 is 2.00 bits per heavy atom. The first-order chi connectivity index (χ1) is 7.61. The van der Waals surface area contributed by atoms with Crippen molar-refractivity contribution in [3.05, 3.63) is 0 Å². The van der Waals surface area contributed by atoms with Gasteiger partial charge in [-0.2, -0.15) is 0 Å². The molecule has 0 aromatic carbocycles. The van der Waals surface area contributed by atoms with Crippen LogP contribution in [0.2, 0.25) is 0 Å². The van der Waals surface area contributed by atoms with Crippen LogP contribution < -0.4 is 5.32 Å². The van der Waals surface area contributed by atoms with E-state index in [9.17, 15) is 9.59 Å². The topological polar surface area (TPSA) is 64.6 Å². The maximum Gasteiger partial charge on any atom is 0.323 e. The van der Waals surface area contributed by atoms with E-state index in [1.165, 1.54) is 6.92 Å². The summed E-state index contributed by atoms with van der Waals surface area (Å²) >= 11 is 0. The number of likely N-dealkylation sites (N-methyl/N-ethyl adjacent to an activating group) is 1. The van der Waals surface area contributed by atoms with E-state index >= 15 is 0 Å². The summed E-state index contributed by atoms with van der Waals surface area (Å²) in [5.41, 5.74) is 0. The molecule has 0 amide bonds. The predicted molar refractivity (Wildman–Crippen MR) is 60.2 cm³/mol. The van der Waals surface area contributed by atoms with E-state index in [1.54, 1.807) is 7.05 Å². The molecule has 0 aliphatic heterocycles. The Kier molecular flexibility index (Phi) is 8.75. The van der Waals surface area contributed by atoms with Crippen molar-refractivity contribution in [3.8, 4) is 0 Å². The van der Waals surface area contributed by atoms with Crippen molar-refractivity contribution in [1.29, 1.82) is 0 Å². The second-order valence-electron chi connectivity index (χ2n) is 3.45. The molecule has 16 heavy (non-hydrogen) atoms. The van der Waals surface area contributed by atoms with Crippen LogP contribution in [0.3, 0.4) is 0 Å². The molecule has 5 heteroatoms. The normalized spacial score (nSPS) is 12.2. The Morgan fingerprint density at radius 3 is 2.50 bits per heavy atom. The van der Waals surface area contributed by atoms with E-state index in [4.69, 9.17) is 9.47 Å². The number of carbonyl (C=O) groups excluding carboxylic acids is 2. The molecule has 5 nitrogen and oxygen atoms in total. The van der Waals surface area contributed by atoms with Gasteiger partial charge >= 0.3 is 5.97 Å². The van der Waals surface area contributed by atoms with Gasteiger partial charge in [0.15, 0.2) is 0 Å². The number of nitrogens with one attached hydrogen (secondary N) is 1. The largest absolute Gasteiger partial charge is 0.462 e. The molecule has 0 radical (unpaired) electrons. The van der Waals surface area contributed by atoms with Crippen molar-refractivity contribution < 1.29 is 19.1 Å². The maximum atomic E-state index is 11.5. The number of esters is 1. The van der Waals surface area contributed by atoms with Crippen LogP contribution in [0.5, 0.6) is 0 Å². The highest BCUT2D eigenvalue weighted by Crippen LogP contribution is 2.00. The third kappa shape index (κ3) is 7.36. The molecular formula is C11H21NO4. The molecule has 0 aromatic heterocycles. The third-order valence-electron chi connectivity index (χ3n) is 2.09. The highest BCUT2D eigenvalue weighted by molar-refractivity contribution is 5.79. The Morgan fingerprint density at radius 1 is 1.31 bits per heavy atom. The van der Waals surface area contributed by atoms with Crippen molar-refractivity contribution in [1.82, 2.24) is 5.32 Å². The molecule has 0 aliphatic carbocycles. The van der Waals surface area contributed by atoms with Gasteiger partial charge in [-0.25, -0.2) is 0 Å². The maximum absolute atomic E-state index is 11.5. The first-order valence-corrected chi connectivity index (χ1v) is 5.52. The molecule has 1 N–H and O–H groups in total. The zero-order valence-electron chi connectivity index (χ0n) is 10.2. The van der Waals surface area contributed by atoms with Gasteiger partial charge in [0.05, 0.1) is 6.61 Å². The fourth-order valence-electron chi connectivity index (χ4n) is 1.17. The number of Topliss-reactive ketones (excluding diaryl/α,β-unsaturated/α-hetero) is 1. The molecular weight excluding hydrogens is 210 g/mol. The monoisotopic (exact) mass is 231 g/mol. The minimum absolute atomic E-state index is 0.0716. The summed E-state index contributed by atoms with van der Waals surface area (Å²) in [6.45, 7) is 4.66. The van der Waals surface area contributed by atoms with Crippen molar-refractivity contribution in [2.75, 3.05) is 26.9 Å². The molecule has 0 saturated carbocycles. The zero-order chi connectivity index (χ0) is 12.4. The quantitative estimate of drug-likeness (QED) is 0.463. The van der Waals surface area contributed by atoms with Crippen molar-refractivity contribution in [2.24, 2.45) is 0 Å². The molecule has 0 saturated heterocycles. The van der Waals surface area contributed by atoms with Crippen LogP contribution in [0.4, 0.5) is 0 Å². The van der Waals surface area contributed by atoms with E-state index in [2.05, 4.69) is 5.32 Å². The predicted octanol–water partition coefficient (Wildman–Crippen LogP) is 0.523. The van der Waals surface area contributed by atoms with Gasteiger partial charge in [0.25, 0.3) is 0 Å². The van der Waals surface area contributed by atoms with Gasteiger partial charge in [-0.3, -0.25) is 4.79 Å². The molecule has 1 unspecified atom stereocenters. The van der Waals surface area contributed by atoms with Gasteiger partial charge in [0.2, 0.25) is 0 Å². The van der Waals surface area contributed by atoms with E-state index in [0.717, 1.165) is 0 Å². The first kappa shape index (κ1) is 15.1. The zero-order valence-corrected chi connectivity index (χ0v) is 10.2. The molecule has 0 spiro atoms. The molecule has 0 fully saturated rings. The molecule has 0 bridgehead atoms. The second-order valence-corrected chi connectivity index (χ2v) is 3.45.